The number of phenols is 1. The molecule has 1 aliphatic rings. The normalized spacial score (nSPS) is 21.4. The summed E-state index contributed by atoms with van der Waals surface area (Å²) >= 11 is 6.02. The van der Waals surface area contributed by atoms with Gasteiger partial charge >= 0.3 is 0 Å². The molecule has 0 bridgehead atoms. The molecule has 0 amide bonds. The predicted molar refractivity (Wildman–Crippen MR) is 57.8 cm³/mol. The fourth-order valence-corrected chi connectivity index (χ4v) is 2.15. The van der Waals surface area contributed by atoms with Crippen molar-refractivity contribution in [2.75, 3.05) is 6.54 Å². The average Bonchev–Trinajstić information content (AvgIpc) is 2.62. The van der Waals surface area contributed by atoms with E-state index in [2.05, 4.69) is 5.32 Å². The molecule has 1 aromatic rings. The zero-order valence-corrected chi connectivity index (χ0v) is 8.72. The molecule has 1 atom stereocenters. The first-order valence-corrected chi connectivity index (χ1v) is 5.34. The van der Waals surface area contributed by atoms with Gasteiger partial charge in [0, 0.05) is 11.1 Å². The van der Waals surface area contributed by atoms with Crippen LogP contribution in [0.1, 0.15) is 18.4 Å². The van der Waals surface area contributed by atoms with E-state index in [-0.39, 0.29) is 5.75 Å². The lowest BCUT2D eigenvalue weighted by atomic mass is 10.0. The molecule has 76 valence electrons. The fraction of sp³-hybridized carbons (Fsp3) is 0.455. The molecule has 1 unspecified atom stereocenters. The summed E-state index contributed by atoms with van der Waals surface area (Å²) in [5.74, 6) is 0.234. The first kappa shape index (κ1) is 9.81. The maximum atomic E-state index is 9.20. The first-order valence-electron chi connectivity index (χ1n) is 4.96. The van der Waals surface area contributed by atoms with Gasteiger partial charge in [0.1, 0.15) is 5.75 Å². The minimum atomic E-state index is 0.234. The van der Waals surface area contributed by atoms with Gasteiger partial charge in [-0.2, -0.15) is 0 Å². The highest BCUT2D eigenvalue weighted by molar-refractivity contribution is 6.31. The second-order valence-corrected chi connectivity index (χ2v) is 4.18. The highest BCUT2D eigenvalue weighted by Gasteiger charge is 2.15. The van der Waals surface area contributed by atoms with Crippen LogP contribution >= 0.6 is 11.6 Å². The molecule has 0 saturated carbocycles. The van der Waals surface area contributed by atoms with E-state index in [0.717, 1.165) is 18.5 Å². The second-order valence-electron chi connectivity index (χ2n) is 3.77. The minimum absolute atomic E-state index is 0.234. The molecule has 1 aromatic carbocycles. The van der Waals surface area contributed by atoms with Crippen molar-refractivity contribution in [3.05, 3.63) is 28.8 Å². The Morgan fingerprint density at radius 1 is 1.50 bits per heavy atom. The number of hydrogen-bond acceptors (Lipinski definition) is 2. The molecule has 14 heavy (non-hydrogen) atoms. The lowest BCUT2D eigenvalue weighted by Crippen LogP contribution is -2.23. The number of halogens is 1. The number of nitrogens with one attached hydrogen (secondary N) is 1. The van der Waals surface area contributed by atoms with Gasteiger partial charge in [0.2, 0.25) is 0 Å². The number of benzene rings is 1. The first-order chi connectivity index (χ1) is 6.75. The molecule has 3 heteroatoms. The van der Waals surface area contributed by atoms with Gasteiger partial charge in [-0.25, -0.2) is 0 Å². The Morgan fingerprint density at radius 3 is 3.00 bits per heavy atom. The molecule has 2 rings (SSSR count). The van der Waals surface area contributed by atoms with Crippen LogP contribution in [0, 0.1) is 0 Å². The van der Waals surface area contributed by atoms with Crippen LogP contribution in [-0.4, -0.2) is 17.7 Å². The lowest BCUT2D eigenvalue weighted by molar-refractivity contribution is 0.475. The maximum Gasteiger partial charge on any atom is 0.117 e. The van der Waals surface area contributed by atoms with Gasteiger partial charge in [0.05, 0.1) is 0 Å². The van der Waals surface area contributed by atoms with Crippen LogP contribution in [0.4, 0.5) is 0 Å². The van der Waals surface area contributed by atoms with Gasteiger partial charge in [-0.15, -0.1) is 0 Å². The van der Waals surface area contributed by atoms with Crippen molar-refractivity contribution in [3.63, 3.8) is 0 Å². The molecule has 1 saturated heterocycles. The summed E-state index contributed by atoms with van der Waals surface area (Å²) in [7, 11) is 0. The summed E-state index contributed by atoms with van der Waals surface area (Å²) in [6.45, 7) is 1.11. The van der Waals surface area contributed by atoms with Crippen molar-refractivity contribution in [2.45, 2.75) is 25.3 Å². The van der Waals surface area contributed by atoms with Crippen LogP contribution in [0.25, 0.3) is 0 Å². The third-order valence-corrected chi connectivity index (χ3v) is 3.02. The Bertz CT molecular complexity index is 321. The van der Waals surface area contributed by atoms with Crippen molar-refractivity contribution in [2.24, 2.45) is 0 Å². The Hall–Kier alpha value is -0.730. The molecule has 1 fully saturated rings. The monoisotopic (exact) mass is 211 g/mol. The molecule has 0 spiro atoms. The van der Waals surface area contributed by atoms with Crippen LogP contribution in [0.15, 0.2) is 18.2 Å². The fourth-order valence-electron chi connectivity index (χ4n) is 1.90. The number of aromatic hydroxyl groups is 1. The molecule has 0 radical (unpaired) electrons. The van der Waals surface area contributed by atoms with Gasteiger partial charge < -0.3 is 10.4 Å². The van der Waals surface area contributed by atoms with Crippen LogP contribution in [-0.2, 0) is 6.42 Å². The summed E-state index contributed by atoms with van der Waals surface area (Å²) in [4.78, 5) is 0. The van der Waals surface area contributed by atoms with E-state index in [1.54, 1.807) is 12.1 Å². The summed E-state index contributed by atoms with van der Waals surface area (Å²) in [5, 5.41) is 13.3. The summed E-state index contributed by atoms with van der Waals surface area (Å²) in [6, 6.07) is 5.75. The molecular formula is C11H14ClNO. The van der Waals surface area contributed by atoms with Crippen molar-refractivity contribution >= 4 is 11.6 Å². The molecule has 1 aliphatic heterocycles. The molecular weight excluding hydrogens is 198 g/mol. The van der Waals surface area contributed by atoms with Crippen LogP contribution in [0.5, 0.6) is 5.75 Å². The van der Waals surface area contributed by atoms with Crippen LogP contribution < -0.4 is 5.32 Å². The van der Waals surface area contributed by atoms with E-state index in [4.69, 9.17) is 11.6 Å². The van der Waals surface area contributed by atoms with E-state index in [0.29, 0.717) is 11.1 Å². The second kappa shape index (κ2) is 4.20. The molecule has 0 aliphatic carbocycles. The SMILES string of the molecule is Oc1ccc(CC2CCCN2)c(Cl)c1. The highest BCUT2D eigenvalue weighted by atomic mass is 35.5. The summed E-state index contributed by atoms with van der Waals surface area (Å²) in [6.07, 6.45) is 3.43. The highest BCUT2D eigenvalue weighted by Crippen LogP contribution is 2.24. The number of phenolic OH excluding ortho intramolecular Hbond substituents is 1. The Labute approximate surface area is 88.9 Å². The van der Waals surface area contributed by atoms with Gasteiger partial charge in [0.15, 0.2) is 0 Å². The lowest BCUT2D eigenvalue weighted by Gasteiger charge is -2.11. The molecule has 2 N–H and O–H groups in total. The standard InChI is InChI=1S/C11H14ClNO/c12-11-7-10(14)4-3-8(11)6-9-2-1-5-13-9/h3-4,7,9,13-14H,1-2,5-6H2. The molecule has 2 nitrogen and oxygen atoms in total. The minimum Gasteiger partial charge on any atom is -0.508 e. The Kier molecular flexibility index (Phi) is 2.94. The number of rotatable bonds is 2. The quantitative estimate of drug-likeness (QED) is 0.787. The molecule has 0 aromatic heterocycles. The van der Waals surface area contributed by atoms with Crippen molar-refractivity contribution < 1.29 is 5.11 Å². The Morgan fingerprint density at radius 2 is 2.36 bits per heavy atom. The smallest absolute Gasteiger partial charge is 0.117 e. The van der Waals surface area contributed by atoms with Crippen molar-refractivity contribution in [1.29, 1.82) is 0 Å². The van der Waals surface area contributed by atoms with Crippen LogP contribution in [0.2, 0.25) is 5.02 Å². The summed E-state index contributed by atoms with van der Waals surface area (Å²) in [5.41, 5.74) is 1.11. The zero-order valence-electron chi connectivity index (χ0n) is 7.96. The van der Waals surface area contributed by atoms with Gasteiger partial charge in [0.25, 0.3) is 0 Å². The zero-order chi connectivity index (χ0) is 9.97. The van der Waals surface area contributed by atoms with E-state index < -0.39 is 0 Å². The third-order valence-electron chi connectivity index (χ3n) is 2.67. The van der Waals surface area contributed by atoms with Crippen LogP contribution in [0.3, 0.4) is 0 Å². The van der Waals surface area contributed by atoms with E-state index in [1.807, 2.05) is 6.07 Å². The van der Waals surface area contributed by atoms with Gasteiger partial charge in [-0.05, 0) is 43.5 Å². The largest absolute Gasteiger partial charge is 0.508 e. The number of hydrogen-bond donors (Lipinski definition) is 2. The van der Waals surface area contributed by atoms with E-state index in [1.165, 1.54) is 12.8 Å². The van der Waals surface area contributed by atoms with Crippen molar-refractivity contribution in [1.82, 2.24) is 5.32 Å². The van der Waals surface area contributed by atoms with Gasteiger partial charge in [-0.3, -0.25) is 0 Å². The van der Waals surface area contributed by atoms with Gasteiger partial charge in [-0.1, -0.05) is 17.7 Å². The van der Waals surface area contributed by atoms with Crippen molar-refractivity contribution in [3.8, 4) is 5.75 Å². The topological polar surface area (TPSA) is 32.3 Å². The maximum absolute atomic E-state index is 9.20. The van der Waals surface area contributed by atoms with E-state index >= 15 is 0 Å². The predicted octanol–water partition coefficient (Wildman–Crippen LogP) is 2.34. The average molecular weight is 212 g/mol. The third kappa shape index (κ3) is 2.20. The molecule has 1 heterocycles. The van der Waals surface area contributed by atoms with E-state index in [9.17, 15) is 5.11 Å². The summed E-state index contributed by atoms with van der Waals surface area (Å²) < 4.78 is 0. The Balaban J connectivity index is 2.08.